The molecule has 3 rings (SSSR count). The van der Waals surface area contributed by atoms with Crippen molar-refractivity contribution in [1.82, 2.24) is 0 Å². The Bertz CT molecular complexity index is 687. The zero-order valence-electron chi connectivity index (χ0n) is 13.6. The Kier molecular flexibility index (Phi) is 4.24. The molecule has 1 saturated carbocycles. The van der Waals surface area contributed by atoms with Gasteiger partial charge in [0.1, 0.15) is 0 Å². The third kappa shape index (κ3) is 3.02. The van der Waals surface area contributed by atoms with Gasteiger partial charge in [0.05, 0.1) is 17.1 Å². The molecule has 1 aliphatic rings. The smallest absolute Gasteiger partial charge is 0.0710 e. The molecule has 2 nitrogen and oxygen atoms in total. The second kappa shape index (κ2) is 6.18. The molecule has 0 spiro atoms. The van der Waals surface area contributed by atoms with Crippen LogP contribution in [0.2, 0.25) is 0 Å². The maximum absolute atomic E-state index is 11.1. The molecular weight excluding hydrogens is 282 g/mol. The lowest BCUT2D eigenvalue weighted by molar-refractivity contribution is -0.0437. The molecule has 0 saturated heterocycles. The molecule has 0 heterocycles. The summed E-state index contributed by atoms with van der Waals surface area (Å²) in [4.78, 5) is 0. The van der Waals surface area contributed by atoms with Crippen molar-refractivity contribution in [3.05, 3.63) is 71.8 Å². The third-order valence-electron chi connectivity index (χ3n) is 5.20. The number of benzene rings is 2. The van der Waals surface area contributed by atoms with E-state index in [0.29, 0.717) is 6.42 Å². The van der Waals surface area contributed by atoms with Crippen molar-refractivity contribution in [3.8, 4) is 6.07 Å². The Morgan fingerprint density at radius 2 is 1.65 bits per heavy atom. The standard InChI is InChI=1S/C21H23NO/c1-20(23)13-8-14-21(16-22,15-17-9-4-2-5-10-17)19(20)18-11-6-3-7-12-18/h2-7,9-12,19,23H,8,13-15H2,1H3/t19-,20-,21+/m0/s1. The monoisotopic (exact) mass is 305 g/mol. The molecule has 1 N–H and O–H groups in total. The fraction of sp³-hybridized carbons (Fsp3) is 0.381. The summed E-state index contributed by atoms with van der Waals surface area (Å²) in [5.41, 5.74) is 0.802. The summed E-state index contributed by atoms with van der Waals surface area (Å²) >= 11 is 0. The Labute approximate surface area is 138 Å². The molecule has 3 atom stereocenters. The van der Waals surface area contributed by atoms with E-state index in [1.807, 2.05) is 55.5 Å². The maximum atomic E-state index is 11.1. The van der Waals surface area contributed by atoms with E-state index in [9.17, 15) is 10.4 Å². The van der Waals surface area contributed by atoms with E-state index in [0.717, 1.165) is 30.4 Å². The molecule has 2 aromatic carbocycles. The molecule has 0 aliphatic heterocycles. The van der Waals surface area contributed by atoms with E-state index in [-0.39, 0.29) is 5.92 Å². The predicted octanol–water partition coefficient (Wildman–Crippen LogP) is 4.46. The Balaban J connectivity index is 2.07. The van der Waals surface area contributed by atoms with Gasteiger partial charge in [0.25, 0.3) is 0 Å². The first-order valence-electron chi connectivity index (χ1n) is 8.30. The van der Waals surface area contributed by atoms with Crippen LogP contribution in [-0.4, -0.2) is 10.7 Å². The fourth-order valence-corrected chi connectivity index (χ4v) is 4.28. The fourth-order valence-electron chi connectivity index (χ4n) is 4.28. The minimum atomic E-state index is -0.857. The number of aliphatic hydroxyl groups is 1. The first-order valence-corrected chi connectivity index (χ1v) is 8.30. The largest absolute Gasteiger partial charge is 0.389 e. The van der Waals surface area contributed by atoms with Crippen LogP contribution in [-0.2, 0) is 6.42 Å². The second-order valence-electron chi connectivity index (χ2n) is 6.98. The summed E-state index contributed by atoms with van der Waals surface area (Å²) in [7, 11) is 0. The zero-order chi connectivity index (χ0) is 16.3. The number of rotatable bonds is 3. The average molecular weight is 305 g/mol. The van der Waals surface area contributed by atoms with Crippen LogP contribution in [0, 0.1) is 16.7 Å². The lowest BCUT2D eigenvalue weighted by atomic mass is 9.56. The van der Waals surface area contributed by atoms with E-state index >= 15 is 0 Å². The van der Waals surface area contributed by atoms with Gasteiger partial charge in [0, 0.05) is 5.92 Å². The van der Waals surface area contributed by atoms with Crippen molar-refractivity contribution in [2.75, 3.05) is 0 Å². The second-order valence-corrected chi connectivity index (χ2v) is 6.98. The van der Waals surface area contributed by atoms with Gasteiger partial charge in [-0.15, -0.1) is 0 Å². The van der Waals surface area contributed by atoms with Crippen LogP contribution in [0.5, 0.6) is 0 Å². The molecule has 1 aliphatic carbocycles. The highest BCUT2D eigenvalue weighted by atomic mass is 16.3. The summed E-state index contributed by atoms with van der Waals surface area (Å²) in [6.07, 6.45) is 3.13. The summed E-state index contributed by atoms with van der Waals surface area (Å²) in [5, 5.41) is 21.2. The van der Waals surface area contributed by atoms with Crippen molar-refractivity contribution < 1.29 is 5.11 Å². The van der Waals surface area contributed by atoms with Crippen molar-refractivity contribution in [1.29, 1.82) is 5.26 Å². The first-order chi connectivity index (χ1) is 11.1. The van der Waals surface area contributed by atoms with Gasteiger partial charge < -0.3 is 5.11 Å². The lowest BCUT2D eigenvalue weighted by Gasteiger charge is -2.48. The van der Waals surface area contributed by atoms with Gasteiger partial charge in [-0.1, -0.05) is 60.7 Å². The van der Waals surface area contributed by atoms with Gasteiger partial charge >= 0.3 is 0 Å². The van der Waals surface area contributed by atoms with Crippen molar-refractivity contribution in [2.24, 2.45) is 5.41 Å². The first kappa shape index (κ1) is 15.8. The number of hydrogen-bond acceptors (Lipinski definition) is 2. The van der Waals surface area contributed by atoms with Gasteiger partial charge in [0.2, 0.25) is 0 Å². The molecule has 0 bridgehead atoms. The average Bonchev–Trinajstić information content (AvgIpc) is 2.56. The molecule has 23 heavy (non-hydrogen) atoms. The van der Waals surface area contributed by atoms with Gasteiger partial charge in [-0.25, -0.2) is 0 Å². The van der Waals surface area contributed by atoms with Crippen LogP contribution in [0.1, 0.15) is 43.2 Å². The van der Waals surface area contributed by atoms with Crippen LogP contribution in [0.25, 0.3) is 0 Å². The molecular formula is C21H23NO. The van der Waals surface area contributed by atoms with Crippen LogP contribution < -0.4 is 0 Å². The molecule has 0 radical (unpaired) electrons. The van der Waals surface area contributed by atoms with Gasteiger partial charge in [-0.05, 0) is 43.7 Å². The minimum Gasteiger partial charge on any atom is -0.389 e. The number of hydrogen-bond donors (Lipinski definition) is 1. The normalized spacial score (nSPS) is 30.6. The zero-order valence-corrected chi connectivity index (χ0v) is 13.6. The highest BCUT2D eigenvalue weighted by Crippen LogP contribution is 2.53. The topological polar surface area (TPSA) is 44.0 Å². The van der Waals surface area contributed by atoms with Crippen LogP contribution in [0.3, 0.4) is 0 Å². The predicted molar refractivity (Wildman–Crippen MR) is 91.8 cm³/mol. The van der Waals surface area contributed by atoms with Gasteiger partial charge in [0.15, 0.2) is 0 Å². The van der Waals surface area contributed by atoms with Crippen molar-refractivity contribution in [2.45, 2.75) is 44.1 Å². The Morgan fingerprint density at radius 1 is 1.04 bits per heavy atom. The molecule has 2 aromatic rings. The molecule has 2 heteroatoms. The van der Waals surface area contributed by atoms with E-state index in [1.54, 1.807) is 0 Å². The highest BCUT2D eigenvalue weighted by molar-refractivity contribution is 5.33. The quantitative estimate of drug-likeness (QED) is 0.910. The molecule has 118 valence electrons. The molecule has 1 fully saturated rings. The molecule has 0 unspecified atom stereocenters. The molecule has 0 amide bonds. The van der Waals surface area contributed by atoms with Gasteiger partial charge in [-0.3, -0.25) is 0 Å². The lowest BCUT2D eigenvalue weighted by Crippen LogP contribution is -2.48. The third-order valence-corrected chi connectivity index (χ3v) is 5.20. The Hall–Kier alpha value is -2.11. The van der Waals surface area contributed by atoms with E-state index in [4.69, 9.17) is 0 Å². The Morgan fingerprint density at radius 3 is 2.26 bits per heavy atom. The minimum absolute atomic E-state index is 0.171. The van der Waals surface area contributed by atoms with Gasteiger partial charge in [-0.2, -0.15) is 5.26 Å². The van der Waals surface area contributed by atoms with Crippen LogP contribution in [0.15, 0.2) is 60.7 Å². The summed E-state index contributed by atoms with van der Waals surface area (Å²) in [5.74, 6) is -0.171. The van der Waals surface area contributed by atoms with Crippen LogP contribution in [0.4, 0.5) is 0 Å². The summed E-state index contributed by atoms with van der Waals surface area (Å²) < 4.78 is 0. The highest BCUT2D eigenvalue weighted by Gasteiger charge is 2.51. The van der Waals surface area contributed by atoms with E-state index in [2.05, 4.69) is 18.2 Å². The van der Waals surface area contributed by atoms with Crippen LogP contribution >= 0.6 is 0 Å². The van der Waals surface area contributed by atoms with E-state index < -0.39 is 11.0 Å². The molecule has 0 aromatic heterocycles. The van der Waals surface area contributed by atoms with E-state index in [1.165, 1.54) is 0 Å². The summed E-state index contributed by atoms with van der Waals surface area (Å²) in [6, 6.07) is 22.8. The number of nitrogens with zero attached hydrogens (tertiary/aromatic N) is 1. The maximum Gasteiger partial charge on any atom is 0.0710 e. The summed E-state index contributed by atoms with van der Waals surface area (Å²) in [6.45, 7) is 1.89. The SMILES string of the molecule is C[C@]1(O)CCC[C@](C#N)(Cc2ccccc2)[C@H]1c1ccccc1. The van der Waals surface area contributed by atoms with Crippen molar-refractivity contribution in [3.63, 3.8) is 0 Å². The van der Waals surface area contributed by atoms with Crippen molar-refractivity contribution >= 4 is 0 Å². The number of nitriles is 1.